The predicted molar refractivity (Wildman–Crippen MR) is 50.7 cm³/mol. The molecule has 1 aromatic heterocycles. The molecule has 2 rings (SSSR count). The smallest absolute Gasteiger partial charge is 0.225 e. The molecular weight excluding hydrogens is 166 g/mol. The molecule has 0 amide bonds. The molecule has 0 radical (unpaired) electrons. The Hall–Kier alpha value is -1.22. The molecule has 0 aliphatic carbocycles. The maximum Gasteiger partial charge on any atom is 0.225 e. The molecule has 0 saturated heterocycles. The van der Waals surface area contributed by atoms with Crippen molar-refractivity contribution < 1.29 is 9.15 Å². The van der Waals surface area contributed by atoms with E-state index in [9.17, 15) is 0 Å². The lowest BCUT2D eigenvalue weighted by Crippen LogP contribution is -2.23. The van der Waals surface area contributed by atoms with Crippen LogP contribution in [0.15, 0.2) is 27.4 Å². The number of fused-ring (bicyclic) bond motifs is 1. The second-order valence-electron chi connectivity index (χ2n) is 3.34. The van der Waals surface area contributed by atoms with E-state index in [4.69, 9.17) is 9.15 Å². The molecule has 13 heavy (non-hydrogen) atoms. The number of benzene rings is 1. The summed E-state index contributed by atoms with van der Waals surface area (Å²) in [7, 11) is 1.96. The Kier molecular flexibility index (Phi) is 2.10. The van der Waals surface area contributed by atoms with E-state index >= 15 is 0 Å². The van der Waals surface area contributed by atoms with Crippen molar-refractivity contribution in [2.24, 2.45) is 0 Å². The molecule has 3 heteroatoms. The van der Waals surface area contributed by atoms with Crippen molar-refractivity contribution in [2.75, 3.05) is 7.05 Å². The molecule has 0 aliphatic rings. The summed E-state index contributed by atoms with van der Waals surface area (Å²) in [5, 5.41) is 3.19. The van der Waals surface area contributed by atoms with Crippen LogP contribution in [0.4, 0.5) is 0 Å². The van der Waals surface area contributed by atoms with E-state index in [2.05, 4.69) is 18.3 Å². The fourth-order valence-electron chi connectivity index (χ4n) is 1.32. The van der Waals surface area contributed by atoms with E-state index in [1.807, 2.05) is 19.2 Å². The Morgan fingerprint density at radius 2 is 2.08 bits per heavy atom. The molecule has 70 valence electrons. The average Bonchev–Trinajstić information content (AvgIpc) is 2.10. The zero-order valence-corrected chi connectivity index (χ0v) is 7.83. The molecule has 0 saturated carbocycles. The van der Waals surface area contributed by atoms with Gasteiger partial charge in [0.2, 0.25) is 11.2 Å². The number of likely N-dealkylation sites (N-methyl/N-ethyl adjacent to an activating group) is 1. The SMILES string of the molecule is CNC(C)Cc1ccc2ooc2c1. The maximum absolute atomic E-state index is 4.81. The normalized spacial score (nSPS) is 13.7. The summed E-state index contributed by atoms with van der Waals surface area (Å²) in [6, 6.07) is 6.51. The Morgan fingerprint density at radius 1 is 1.31 bits per heavy atom. The highest BCUT2D eigenvalue weighted by atomic mass is 17.0. The van der Waals surface area contributed by atoms with E-state index in [0.717, 1.165) is 17.6 Å². The third-order valence-electron chi connectivity index (χ3n) is 2.26. The molecule has 0 bridgehead atoms. The summed E-state index contributed by atoms with van der Waals surface area (Å²) < 4.78 is 9.56. The van der Waals surface area contributed by atoms with Crippen LogP contribution in [0.5, 0.6) is 0 Å². The summed E-state index contributed by atoms with van der Waals surface area (Å²) in [5.41, 5.74) is 2.95. The lowest BCUT2D eigenvalue weighted by atomic mass is 10.1. The molecule has 3 nitrogen and oxygen atoms in total. The Bertz CT molecular complexity index is 388. The van der Waals surface area contributed by atoms with Gasteiger partial charge in [0.05, 0.1) is 0 Å². The number of hydrogen-bond acceptors (Lipinski definition) is 3. The predicted octanol–water partition coefficient (Wildman–Crippen LogP) is 2.18. The van der Waals surface area contributed by atoms with Crippen molar-refractivity contribution >= 4 is 11.2 Å². The van der Waals surface area contributed by atoms with Gasteiger partial charge in [-0.3, -0.25) is 9.15 Å². The first-order chi connectivity index (χ1) is 6.29. The van der Waals surface area contributed by atoms with Crippen LogP contribution in [0.25, 0.3) is 11.2 Å². The minimum absolute atomic E-state index is 0.485. The Morgan fingerprint density at radius 3 is 2.62 bits per heavy atom. The topological polar surface area (TPSA) is 38.3 Å². The van der Waals surface area contributed by atoms with Crippen LogP contribution in [-0.2, 0) is 6.42 Å². The van der Waals surface area contributed by atoms with Gasteiger partial charge in [0.1, 0.15) is 0 Å². The lowest BCUT2D eigenvalue weighted by Gasteiger charge is -2.09. The van der Waals surface area contributed by atoms with Crippen LogP contribution in [0.3, 0.4) is 0 Å². The van der Waals surface area contributed by atoms with Gasteiger partial charge in [0, 0.05) is 6.04 Å². The highest BCUT2D eigenvalue weighted by Crippen LogP contribution is 2.20. The van der Waals surface area contributed by atoms with Crippen LogP contribution in [0, 0.1) is 0 Å². The fraction of sp³-hybridized carbons (Fsp3) is 0.400. The Balaban J connectivity index is 2.16. The molecule has 0 aliphatic heterocycles. The van der Waals surface area contributed by atoms with Gasteiger partial charge in [0.25, 0.3) is 0 Å². The van der Waals surface area contributed by atoms with E-state index in [1.165, 1.54) is 5.56 Å². The van der Waals surface area contributed by atoms with E-state index in [-0.39, 0.29) is 0 Å². The van der Waals surface area contributed by atoms with Crippen LogP contribution in [-0.4, -0.2) is 13.1 Å². The summed E-state index contributed by atoms with van der Waals surface area (Å²) in [5.74, 6) is 0. The highest BCUT2D eigenvalue weighted by molar-refractivity contribution is 5.71. The van der Waals surface area contributed by atoms with Crippen molar-refractivity contribution in [3.8, 4) is 0 Å². The van der Waals surface area contributed by atoms with Gasteiger partial charge in [-0.1, -0.05) is 6.07 Å². The van der Waals surface area contributed by atoms with Crippen molar-refractivity contribution in [1.29, 1.82) is 0 Å². The van der Waals surface area contributed by atoms with Crippen LogP contribution in [0.2, 0.25) is 0 Å². The summed E-state index contributed by atoms with van der Waals surface area (Å²) in [4.78, 5) is 0. The first-order valence-electron chi connectivity index (χ1n) is 4.44. The zero-order valence-electron chi connectivity index (χ0n) is 7.83. The highest BCUT2D eigenvalue weighted by Gasteiger charge is 2.06. The second-order valence-corrected chi connectivity index (χ2v) is 3.34. The molecule has 2 aromatic rings. The maximum atomic E-state index is 4.81. The van der Waals surface area contributed by atoms with E-state index < -0.39 is 0 Å². The molecule has 0 fully saturated rings. The van der Waals surface area contributed by atoms with Gasteiger partial charge >= 0.3 is 0 Å². The van der Waals surface area contributed by atoms with Gasteiger partial charge in [-0.25, -0.2) is 0 Å². The average molecular weight is 179 g/mol. The fourth-order valence-corrected chi connectivity index (χ4v) is 1.32. The van der Waals surface area contributed by atoms with Gasteiger partial charge in [-0.15, -0.1) is 0 Å². The van der Waals surface area contributed by atoms with Crippen molar-refractivity contribution in [2.45, 2.75) is 19.4 Å². The largest absolute Gasteiger partial charge is 0.317 e. The van der Waals surface area contributed by atoms with Gasteiger partial charge in [-0.05, 0) is 38.1 Å². The van der Waals surface area contributed by atoms with Gasteiger partial charge in [0.15, 0.2) is 0 Å². The second kappa shape index (κ2) is 3.26. The first-order valence-corrected chi connectivity index (χ1v) is 4.44. The lowest BCUT2D eigenvalue weighted by molar-refractivity contribution is 0.0588. The summed E-state index contributed by atoms with van der Waals surface area (Å²) in [6.07, 6.45) is 1.01. The molecule has 1 unspecified atom stereocenters. The van der Waals surface area contributed by atoms with E-state index in [1.54, 1.807) is 0 Å². The molecular formula is C10H13NO2. The number of rotatable bonds is 3. The van der Waals surface area contributed by atoms with Crippen LogP contribution < -0.4 is 5.32 Å². The minimum Gasteiger partial charge on any atom is -0.317 e. The standard InChI is InChI=1S/C10H13NO2/c1-7(11-2)5-8-3-4-9-10(6-8)13-12-9/h3-4,6-7,11H,5H2,1-2H3. The summed E-state index contributed by atoms with van der Waals surface area (Å²) >= 11 is 0. The monoisotopic (exact) mass is 179 g/mol. The minimum atomic E-state index is 0.485. The number of nitrogens with one attached hydrogen (secondary N) is 1. The molecule has 1 aromatic carbocycles. The van der Waals surface area contributed by atoms with Gasteiger partial charge in [-0.2, -0.15) is 0 Å². The quantitative estimate of drug-likeness (QED) is 0.734. The molecule has 1 atom stereocenters. The van der Waals surface area contributed by atoms with Gasteiger partial charge < -0.3 is 5.32 Å². The van der Waals surface area contributed by atoms with Crippen molar-refractivity contribution in [3.05, 3.63) is 23.8 Å². The van der Waals surface area contributed by atoms with Crippen LogP contribution >= 0.6 is 0 Å². The molecule has 0 spiro atoms. The van der Waals surface area contributed by atoms with Crippen molar-refractivity contribution in [3.63, 3.8) is 0 Å². The molecule has 1 N–H and O–H groups in total. The van der Waals surface area contributed by atoms with Crippen LogP contribution in [0.1, 0.15) is 12.5 Å². The van der Waals surface area contributed by atoms with Crippen molar-refractivity contribution in [1.82, 2.24) is 5.32 Å². The third-order valence-corrected chi connectivity index (χ3v) is 2.26. The van der Waals surface area contributed by atoms with E-state index in [0.29, 0.717) is 6.04 Å². The summed E-state index contributed by atoms with van der Waals surface area (Å²) in [6.45, 7) is 2.15. The Labute approximate surface area is 76.6 Å². The molecule has 1 heterocycles. The number of hydrogen-bond donors (Lipinski definition) is 1. The first kappa shape index (κ1) is 8.38. The zero-order chi connectivity index (χ0) is 9.26. The third kappa shape index (κ3) is 1.60.